The van der Waals surface area contributed by atoms with Crippen LogP contribution in [0, 0.1) is 0 Å². The van der Waals surface area contributed by atoms with Gasteiger partial charge in [0.1, 0.15) is 0 Å². The topological polar surface area (TPSA) is 0 Å². The lowest BCUT2D eigenvalue weighted by molar-refractivity contribution is 1.61. The molecule has 0 aliphatic heterocycles. The van der Waals surface area contributed by atoms with Crippen LogP contribution >= 0.6 is 11.3 Å². The van der Waals surface area contributed by atoms with Gasteiger partial charge in [0, 0.05) is 25.6 Å². The van der Waals surface area contributed by atoms with Crippen LogP contribution in [0.15, 0.2) is 170 Å². The maximum Gasteiger partial charge on any atom is 0.0440 e. The van der Waals surface area contributed by atoms with Gasteiger partial charge in [0.25, 0.3) is 0 Å². The molecule has 1 heteroatoms. The molecular formula is C46H28S. The smallest absolute Gasteiger partial charge is 0.0440 e. The van der Waals surface area contributed by atoms with E-state index in [9.17, 15) is 0 Å². The Bertz CT molecular complexity index is 2780. The van der Waals surface area contributed by atoms with Crippen molar-refractivity contribution in [2.24, 2.45) is 0 Å². The van der Waals surface area contributed by atoms with Crippen molar-refractivity contribution in [3.8, 4) is 33.4 Å². The monoisotopic (exact) mass is 612 g/mol. The van der Waals surface area contributed by atoms with Crippen LogP contribution < -0.4 is 0 Å². The Morgan fingerprint density at radius 2 is 0.745 bits per heavy atom. The Morgan fingerprint density at radius 3 is 1.38 bits per heavy atom. The molecule has 9 aromatic carbocycles. The second-order valence-corrected chi connectivity index (χ2v) is 13.4. The van der Waals surface area contributed by atoms with Crippen LogP contribution in [0.3, 0.4) is 0 Å². The third-order valence-corrected chi connectivity index (χ3v) is 11.0. The van der Waals surface area contributed by atoms with Gasteiger partial charge in [0.05, 0.1) is 0 Å². The van der Waals surface area contributed by atoms with Crippen LogP contribution in [0.25, 0.3) is 96.6 Å². The lowest BCUT2D eigenvalue weighted by atomic mass is 9.85. The van der Waals surface area contributed by atoms with Gasteiger partial charge in [-0.15, -0.1) is 11.3 Å². The van der Waals surface area contributed by atoms with Crippen molar-refractivity contribution < 1.29 is 0 Å². The molecule has 1 heterocycles. The van der Waals surface area contributed by atoms with Crippen molar-refractivity contribution in [1.82, 2.24) is 0 Å². The second kappa shape index (κ2) is 10.4. The fourth-order valence-corrected chi connectivity index (χ4v) is 9.09. The summed E-state index contributed by atoms with van der Waals surface area (Å²) in [7, 11) is 0. The van der Waals surface area contributed by atoms with E-state index in [4.69, 9.17) is 0 Å². The fraction of sp³-hybridized carbons (Fsp3) is 0. The van der Waals surface area contributed by atoms with Crippen LogP contribution in [0.2, 0.25) is 0 Å². The molecule has 0 spiro atoms. The third-order valence-electron chi connectivity index (χ3n) is 9.83. The molecule has 10 rings (SSSR count). The van der Waals surface area contributed by atoms with Crippen LogP contribution in [0.4, 0.5) is 0 Å². The van der Waals surface area contributed by atoms with Gasteiger partial charge in [0.2, 0.25) is 0 Å². The number of hydrogen-bond acceptors (Lipinski definition) is 1. The summed E-state index contributed by atoms with van der Waals surface area (Å²) >= 11 is 1.93. The fourth-order valence-electron chi connectivity index (χ4n) is 7.80. The number of thiophene rings is 1. The van der Waals surface area contributed by atoms with Gasteiger partial charge < -0.3 is 0 Å². The molecule has 0 unspecified atom stereocenters. The van der Waals surface area contributed by atoms with Gasteiger partial charge >= 0.3 is 0 Å². The molecule has 10 aromatic rings. The Morgan fingerprint density at radius 1 is 0.277 bits per heavy atom. The molecule has 0 fully saturated rings. The van der Waals surface area contributed by atoms with Crippen molar-refractivity contribution in [1.29, 1.82) is 0 Å². The molecule has 1 aromatic heterocycles. The third kappa shape index (κ3) is 4.00. The van der Waals surface area contributed by atoms with Crippen molar-refractivity contribution in [2.45, 2.75) is 0 Å². The molecule has 0 amide bonds. The van der Waals surface area contributed by atoms with Gasteiger partial charge in [-0.3, -0.25) is 0 Å². The quantitative estimate of drug-likeness (QED) is 0.138. The van der Waals surface area contributed by atoms with E-state index in [1.807, 2.05) is 11.3 Å². The first kappa shape index (κ1) is 26.5. The van der Waals surface area contributed by atoms with Crippen LogP contribution in [-0.4, -0.2) is 0 Å². The summed E-state index contributed by atoms with van der Waals surface area (Å²) in [5.41, 5.74) is 7.55. The maximum absolute atomic E-state index is 2.44. The highest BCUT2D eigenvalue weighted by Gasteiger charge is 2.19. The van der Waals surface area contributed by atoms with Gasteiger partial charge in [-0.1, -0.05) is 158 Å². The molecule has 0 atom stereocenters. The number of benzene rings is 9. The minimum Gasteiger partial charge on any atom is -0.134 e. The van der Waals surface area contributed by atoms with E-state index in [0.29, 0.717) is 0 Å². The van der Waals surface area contributed by atoms with E-state index in [2.05, 4.69) is 170 Å². The molecular weight excluding hydrogens is 585 g/mol. The average Bonchev–Trinajstić information content (AvgIpc) is 3.54. The number of rotatable bonds is 3. The zero-order valence-electron chi connectivity index (χ0n) is 25.6. The molecule has 218 valence electrons. The molecule has 0 aliphatic carbocycles. The van der Waals surface area contributed by atoms with E-state index in [-0.39, 0.29) is 0 Å². The summed E-state index contributed by atoms with van der Waals surface area (Å²) in [6, 6.07) is 62.5. The molecule has 47 heavy (non-hydrogen) atoms. The molecule has 0 saturated carbocycles. The standard InChI is InChI=1S/C46H28S/c1-2-13-29(14-3-1)30-15-12-16-31(27-30)43-36-20-7-9-22-38(36)44(39-23-10-8-21-37(39)43)32-25-26-41-42(28-32)47-46-40-24-11-5-18-34(40)33-17-4-6-19-35(33)45(41)46/h1-28H. The Hall–Kier alpha value is -5.76. The van der Waals surface area contributed by atoms with Crippen LogP contribution in [0.1, 0.15) is 0 Å². The predicted molar refractivity (Wildman–Crippen MR) is 206 cm³/mol. The summed E-state index contributed by atoms with van der Waals surface area (Å²) in [5.74, 6) is 0. The van der Waals surface area contributed by atoms with Crippen molar-refractivity contribution in [2.75, 3.05) is 0 Å². The van der Waals surface area contributed by atoms with Crippen molar-refractivity contribution in [3.05, 3.63) is 170 Å². The van der Waals surface area contributed by atoms with Gasteiger partial charge in [0.15, 0.2) is 0 Å². The first-order valence-electron chi connectivity index (χ1n) is 16.2. The highest BCUT2D eigenvalue weighted by atomic mass is 32.1. The van der Waals surface area contributed by atoms with Gasteiger partial charge in [-0.2, -0.15) is 0 Å². The molecule has 0 nitrogen and oxygen atoms in total. The normalized spacial score (nSPS) is 11.8. The first-order chi connectivity index (χ1) is 23.3. The van der Waals surface area contributed by atoms with Crippen molar-refractivity contribution >= 4 is 74.6 Å². The lowest BCUT2D eigenvalue weighted by Gasteiger charge is -2.18. The zero-order valence-corrected chi connectivity index (χ0v) is 26.4. The zero-order chi connectivity index (χ0) is 30.9. The van der Waals surface area contributed by atoms with Gasteiger partial charge in [-0.05, 0) is 83.2 Å². The lowest BCUT2D eigenvalue weighted by Crippen LogP contribution is -1.91. The molecule has 0 aliphatic rings. The number of fused-ring (bicyclic) bond motifs is 10. The van der Waals surface area contributed by atoms with Crippen molar-refractivity contribution in [3.63, 3.8) is 0 Å². The molecule has 0 bridgehead atoms. The van der Waals surface area contributed by atoms with E-state index in [1.54, 1.807) is 0 Å². The SMILES string of the molecule is c1ccc(-c2cccc(-c3c4ccccc4c(-c4ccc5c(c4)sc4c6ccccc6c6ccccc6c54)c4ccccc34)c2)cc1. The average molecular weight is 613 g/mol. The maximum atomic E-state index is 2.44. The first-order valence-corrected chi connectivity index (χ1v) is 17.0. The predicted octanol–water partition coefficient (Wildman–Crippen LogP) is 13.7. The second-order valence-electron chi connectivity index (χ2n) is 12.4. The summed E-state index contributed by atoms with van der Waals surface area (Å²) < 4.78 is 2.70. The van der Waals surface area contributed by atoms with Crippen LogP contribution in [0.5, 0.6) is 0 Å². The summed E-state index contributed by atoms with van der Waals surface area (Å²) in [5, 5.41) is 13.1. The largest absolute Gasteiger partial charge is 0.134 e. The van der Waals surface area contributed by atoms with E-state index in [0.717, 1.165) is 0 Å². The molecule has 0 N–H and O–H groups in total. The minimum absolute atomic E-state index is 1.23. The Labute approximate surface area is 276 Å². The summed E-state index contributed by atoms with van der Waals surface area (Å²) in [6.07, 6.45) is 0. The van der Waals surface area contributed by atoms with Gasteiger partial charge in [-0.25, -0.2) is 0 Å². The van der Waals surface area contributed by atoms with E-state index in [1.165, 1.54) is 96.6 Å². The summed E-state index contributed by atoms with van der Waals surface area (Å²) in [6.45, 7) is 0. The minimum atomic E-state index is 1.23. The molecule has 0 saturated heterocycles. The van der Waals surface area contributed by atoms with E-state index >= 15 is 0 Å². The number of hydrogen-bond donors (Lipinski definition) is 0. The summed E-state index contributed by atoms with van der Waals surface area (Å²) in [4.78, 5) is 0. The highest BCUT2D eigenvalue weighted by Crippen LogP contribution is 2.48. The Kier molecular flexibility index (Phi) is 5.85. The molecule has 0 radical (unpaired) electrons. The van der Waals surface area contributed by atoms with E-state index < -0.39 is 0 Å². The Balaban J connectivity index is 1.26. The van der Waals surface area contributed by atoms with Crippen LogP contribution in [-0.2, 0) is 0 Å². The highest BCUT2D eigenvalue weighted by molar-refractivity contribution is 7.27.